The smallest absolute Gasteiger partial charge is 0.352 e. The van der Waals surface area contributed by atoms with Crippen LogP contribution in [0.3, 0.4) is 0 Å². The first-order valence-corrected chi connectivity index (χ1v) is 13.9. The second-order valence-corrected chi connectivity index (χ2v) is 11.3. The number of fused-ring (bicyclic) bond motifs is 1. The van der Waals surface area contributed by atoms with E-state index >= 15 is 0 Å². The van der Waals surface area contributed by atoms with Crippen LogP contribution in [0.1, 0.15) is 36.2 Å². The van der Waals surface area contributed by atoms with Gasteiger partial charge in [-0.2, -0.15) is 10.5 Å². The molecule has 4 rings (SSSR count). The molecule has 0 saturated carbocycles. The van der Waals surface area contributed by atoms with Crippen molar-refractivity contribution in [2.75, 3.05) is 11.5 Å². The van der Waals surface area contributed by atoms with E-state index in [1.54, 1.807) is 6.07 Å². The zero-order chi connectivity index (χ0) is 30.8. The molecular formula is C26H21N7O7S2. The number of carbonyl (C=O) groups is 4. The van der Waals surface area contributed by atoms with E-state index in [1.807, 2.05) is 12.1 Å². The molecule has 214 valence electrons. The number of nitrogens with one attached hydrogen (secondary N) is 1. The molecule has 14 nitrogen and oxygen atoms in total. The van der Waals surface area contributed by atoms with Crippen LogP contribution in [-0.4, -0.2) is 72.3 Å². The Morgan fingerprint density at radius 1 is 1.26 bits per heavy atom. The van der Waals surface area contributed by atoms with Gasteiger partial charge in [0.25, 0.3) is 11.8 Å². The maximum absolute atomic E-state index is 13.2. The summed E-state index contributed by atoms with van der Waals surface area (Å²) < 4.78 is 0. The predicted octanol–water partition coefficient (Wildman–Crippen LogP) is 1.50. The van der Waals surface area contributed by atoms with Gasteiger partial charge in [0.2, 0.25) is 5.60 Å². The third-order valence-electron chi connectivity index (χ3n) is 6.11. The minimum Gasteiger partial charge on any atom is -0.478 e. The highest BCUT2D eigenvalue weighted by molar-refractivity contribution is 8.00. The Kier molecular flexibility index (Phi) is 8.32. The molecule has 0 aliphatic carbocycles. The highest BCUT2D eigenvalue weighted by atomic mass is 32.2. The van der Waals surface area contributed by atoms with Crippen LogP contribution in [0.2, 0.25) is 0 Å². The van der Waals surface area contributed by atoms with E-state index in [2.05, 4.69) is 15.5 Å². The summed E-state index contributed by atoms with van der Waals surface area (Å²) in [6, 6.07) is 7.31. The van der Waals surface area contributed by atoms with E-state index < -0.39 is 46.5 Å². The van der Waals surface area contributed by atoms with Crippen molar-refractivity contribution in [1.29, 1.82) is 10.5 Å². The van der Waals surface area contributed by atoms with Crippen LogP contribution < -0.4 is 11.1 Å². The SMILES string of the molecule is CC(C)(ON=C(C(=O)NC1C(=O)N2C(C(=O)O)=C(C=Cc3ccc(C#N)cc3C#N)CS[C@@H]12)c1csc(N)n1)C(=O)O. The number of oxime groups is 1. The number of benzene rings is 1. The fourth-order valence-corrected chi connectivity index (χ4v) is 5.71. The predicted molar refractivity (Wildman–Crippen MR) is 150 cm³/mol. The van der Waals surface area contributed by atoms with Crippen LogP contribution >= 0.6 is 23.1 Å². The van der Waals surface area contributed by atoms with E-state index in [9.17, 15) is 34.7 Å². The van der Waals surface area contributed by atoms with Gasteiger partial charge in [0.05, 0.1) is 23.3 Å². The first kappa shape index (κ1) is 29.8. The van der Waals surface area contributed by atoms with Gasteiger partial charge in [0.1, 0.15) is 22.8 Å². The summed E-state index contributed by atoms with van der Waals surface area (Å²) in [5, 5.41) is 44.7. The topological polar surface area (TPSA) is 232 Å². The van der Waals surface area contributed by atoms with Crippen LogP contribution in [0.4, 0.5) is 5.13 Å². The van der Waals surface area contributed by atoms with Crippen molar-refractivity contribution in [2.24, 2.45) is 5.16 Å². The molecule has 2 atom stereocenters. The number of carboxylic acids is 2. The number of allylic oxidation sites excluding steroid dienone is 1. The third-order valence-corrected chi connectivity index (χ3v) is 8.09. The Bertz CT molecular complexity index is 1680. The van der Waals surface area contributed by atoms with E-state index in [1.165, 1.54) is 55.3 Å². The number of hydrogen-bond acceptors (Lipinski definition) is 12. The maximum Gasteiger partial charge on any atom is 0.352 e. The molecule has 3 heterocycles. The van der Waals surface area contributed by atoms with Crippen molar-refractivity contribution in [2.45, 2.75) is 30.9 Å². The van der Waals surface area contributed by atoms with E-state index in [4.69, 9.17) is 15.8 Å². The standard InChI is InChI=1S/C26H21N7O7S2/c1-26(2,24(38)39)40-32-17(16-11-42-25(29)30-16)20(34)31-18-21(35)33-19(23(36)37)14(10-41-22(18)33)6-5-13-4-3-12(8-27)7-15(13)9-28/h3-7,11,18,22H,10H2,1-2H3,(H2,29,30)(H,31,34)(H,36,37)(H,38,39)/t18?,22-/m0/s1. The number of carboxylic acid groups (broad SMARTS) is 2. The van der Waals surface area contributed by atoms with Crippen molar-refractivity contribution in [1.82, 2.24) is 15.2 Å². The number of hydrogen-bond donors (Lipinski definition) is 4. The largest absolute Gasteiger partial charge is 0.478 e. The van der Waals surface area contributed by atoms with Crippen molar-refractivity contribution in [3.63, 3.8) is 0 Å². The van der Waals surface area contributed by atoms with Gasteiger partial charge in [-0.25, -0.2) is 14.6 Å². The average Bonchev–Trinajstić information content (AvgIpc) is 3.39. The summed E-state index contributed by atoms with van der Waals surface area (Å²) in [6.07, 6.45) is 3.02. The molecule has 1 unspecified atom stereocenters. The first-order chi connectivity index (χ1) is 19.9. The summed E-state index contributed by atoms with van der Waals surface area (Å²) in [5.41, 5.74) is 4.48. The van der Waals surface area contributed by atoms with Crippen LogP contribution in [0.15, 0.2) is 46.1 Å². The number of aliphatic carboxylic acids is 2. The molecule has 0 radical (unpaired) electrons. The van der Waals surface area contributed by atoms with Crippen molar-refractivity contribution < 1.29 is 34.2 Å². The number of amides is 2. The Balaban J connectivity index is 1.57. The molecule has 0 spiro atoms. The molecule has 2 aromatic rings. The molecule has 2 amide bonds. The molecule has 42 heavy (non-hydrogen) atoms. The van der Waals surface area contributed by atoms with E-state index in [0.29, 0.717) is 16.7 Å². The molecule has 5 N–H and O–H groups in total. The van der Waals surface area contributed by atoms with Gasteiger partial charge in [-0.05, 0) is 37.1 Å². The lowest BCUT2D eigenvalue weighted by atomic mass is 10.0. The maximum atomic E-state index is 13.2. The number of nitrogen functional groups attached to an aromatic ring is 1. The molecule has 1 aromatic carbocycles. The van der Waals surface area contributed by atoms with Crippen LogP contribution in [0, 0.1) is 22.7 Å². The molecule has 2 aliphatic rings. The zero-order valence-electron chi connectivity index (χ0n) is 21.9. The summed E-state index contributed by atoms with van der Waals surface area (Å²) in [6.45, 7) is 2.45. The second-order valence-electron chi connectivity index (χ2n) is 9.32. The normalized spacial score (nSPS) is 18.5. The molecule has 2 aliphatic heterocycles. The van der Waals surface area contributed by atoms with Crippen LogP contribution in [0.5, 0.6) is 0 Å². The summed E-state index contributed by atoms with van der Waals surface area (Å²) in [7, 11) is 0. The van der Waals surface area contributed by atoms with Gasteiger partial charge < -0.3 is 26.1 Å². The van der Waals surface area contributed by atoms with E-state index in [0.717, 1.165) is 16.2 Å². The minimum absolute atomic E-state index is 0.00537. The summed E-state index contributed by atoms with van der Waals surface area (Å²) in [4.78, 5) is 60.1. The van der Waals surface area contributed by atoms with Gasteiger partial charge >= 0.3 is 11.9 Å². The van der Waals surface area contributed by atoms with Gasteiger partial charge in [-0.15, -0.1) is 23.1 Å². The van der Waals surface area contributed by atoms with Crippen molar-refractivity contribution >= 4 is 63.8 Å². The molecule has 0 bridgehead atoms. The number of nitriles is 2. The number of rotatable bonds is 9. The fraction of sp³-hybridized carbons (Fsp3) is 0.231. The number of thiazole rings is 1. The quantitative estimate of drug-likeness (QED) is 0.180. The lowest BCUT2D eigenvalue weighted by Gasteiger charge is -2.49. The summed E-state index contributed by atoms with van der Waals surface area (Å²) in [5.74, 6) is -4.13. The molecular weight excluding hydrogens is 586 g/mol. The Hall–Kier alpha value is -5.19. The summed E-state index contributed by atoms with van der Waals surface area (Å²) >= 11 is 2.21. The lowest BCUT2D eigenvalue weighted by Crippen LogP contribution is -2.71. The number of carbonyl (C=O) groups excluding carboxylic acids is 2. The number of β-lactam (4-membered cyclic amide) rings is 1. The molecule has 16 heteroatoms. The average molecular weight is 608 g/mol. The Morgan fingerprint density at radius 3 is 2.60 bits per heavy atom. The molecule has 1 saturated heterocycles. The van der Waals surface area contributed by atoms with Gasteiger partial charge in [0.15, 0.2) is 10.8 Å². The zero-order valence-corrected chi connectivity index (χ0v) is 23.5. The van der Waals surface area contributed by atoms with Crippen LogP contribution in [-0.2, 0) is 24.0 Å². The number of nitrogens with two attached hydrogens (primary N) is 1. The lowest BCUT2D eigenvalue weighted by molar-refractivity contribution is -0.161. The van der Waals surface area contributed by atoms with Crippen molar-refractivity contribution in [3.05, 3.63) is 63.3 Å². The van der Waals surface area contributed by atoms with Gasteiger partial charge in [-0.1, -0.05) is 23.4 Å². The van der Waals surface area contributed by atoms with Gasteiger partial charge in [-0.3, -0.25) is 14.5 Å². The Labute approximate surface area is 246 Å². The van der Waals surface area contributed by atoms with Gasteiger partial charge in [0, 0.05) is 11.1 Å². The second kappa shape index (κ2) is 11.7. The first-order valence-electron chi connectivity index (χ1n) is 11.9. The highest BCUT2D eigenvalue weighted by Crippen LogP contribution is 2.41. The number of aromatic nitrogens is 1. The fourth-order valence-electron chi connectivity index (χ4n) is 3.84. The third kappa shape index (κ3) is 5.80. The number of anilines is 1. The van der Waals surface area contributed by atoms with Crippen LogP contribution in [0.25, 0.3) is 6.08 Å². The minimum atomic E-state index is -1.79. The van der Waals surface area contributed by atoms with Crippen molar-refractivity contribution in [3.8, 4) is 12.1 Å². The number of nitrogens with zero attached hydrogens (tertiary/aromatic N) is 5. The number of thioether (sulfide) groups is 1. The Morgan fingerprint density at radius 2 is 2.00 bits per heavy atom. The van der Waals surface area contributed by atoms with E-state index in [-0.39, 0.29) is 27.8 Å². The molecule has 1 fully saturated rings. The monoisotopic (exact) mass is 607 g/mol. The molecule has 1 aromatic heterocycles. The highest BCUT2D eigenvalue weighted by Gasteiger charge is 2.54.